The molecule has 1 aliphatic heterocycles. The summed E-state index contributed by atoms with van der Waals surface area (Å²) in [4.78, 5) is 11.0. The predicted molar refractivity (Wildman–Crippen MR) is 68.3 cm³/mol. The molecule has 0 aromatic heterocycles. The number of benzene rings is 1. The number of hydrogen-bond donors (Lipinski definition) is 1. The highest BCUT2D eigenvalue weighted by molar-refractivity contribution is 9.10. The molecular formula is C12H13BrN2O2. The zero-order valence-corrected chi connectivity index (χ0v) is 11.0. The van der Waals surface area contributed by atoms with Crippen molar-refractivity contribution < 1.29 is 9.90 Å². The van der Waals surface area contributed by atoms with E-state index in [0.29, 0.717) is 18.4 Å². The molecule has 1 atom stereocenters. The Kier molecular flexibility index (Phi) is 3.31. The van der Waals surface area contributed by atoms with E-state index in [9.17, 15) is 9.90 Å². The molecule has 0 unspecified atom stereocenters. The Labute approximate surface area is 108 Å². The summed E-state index contributed by atoms with van der Waals surface area (Å²) < 4.78 is 0.928. The van der Waals surface area contributed by atoms with Gasteiger partial charge >= 0.3 is 0 Å². The third-order valence-electron chi connectivity index (χ3n) is 2.89. The summed E-state index contributed by atoms with van der Waals surface area (Å²) in [6.07, 6.45) is 1.65. The highest BCUT2D eigenvalue weighted by Gasteiger charge is 2.41. The van der Waals surface area contributed by atoms with Gasteiger partial charge in [-0.1, -0.05) is 35.0 Å². The van der Waals surface area contributed by atoms with Crippen molar-refractivity contribution in [1.82, 2.24) is 5.01 Å². The number of carbonyl (C=O) groups is 1. The first-order valence-electron chi connectivity index (χ1n) is 5.39. The molecule has 1 aromatic carbocycles. The molecule has 1 N–H and O–H groups in total. The van der Waals surface area contributed by atoms with Gasteiger partial charge in [-0.25, -0.2) is 0 Å². The fraction of sp³-hybridized carbons (Fsp3) is 0.333. The molecule has 4 nitrogen and oxygen atoms in total. The molecule has 1 aliphatic rings. The first-order valence-corrected chi connectivity index (χ1v) is 6.19. The lowest BCUT2D eigenvalue weighted by atomic mass is 9.97. The lowest BCUT2D eigenvalue weighted by Gasteiger charge is -2.28. The van der Waals surface area contributed by atoms with Crippen molar-refractivity contribution >= 4 is 28.1 Å². The molecule has 1 aromatic rings. The zero-order valence-electron chi connectivity index (χ0n) is 9.43. The molecule has 0 radical (unpaired) electrons. The third-order valence-corrected chi connectivity index (χ3v) is 3.42. The van der Waals surface area contributed by atoms with Crippen LogP contribution in [0.1, 0.15) is 25.3 Å². The van der Waals surface area contributed by atoms with Crippen LogP contribution in [0.5, 0.6) is 0 Å². The fourth-order valence-corrected chi connectivity index (χ4v) is 2.16. The normalized spacial score (nSPS) is 23.7. The van der Waals surface area contributed by atoms with Gasteiger partial charge in [0.15, 0.2) is 5.72 Å². The summed E-state index contributed by atoms with van der Waals surface area (Å²) in [5.74, 6) is 0. The van der Waals surface area contributed by atoms with E-state index in [4.69, 9.17) is 0 Å². The second-order valence-electron chi connectivity index (χ2n) is 3.97. The lowest BCUT2D eigenvalue weighted by molar-refractivity contribution is -0.143. The molecule has 5 heteroatoms. The first-order chi connectivity index (χ1) is 8.10. The summed E-state index contributed by atoms with van der Waals surface area (Å²) in [5.41, 5.74) is 0.149. The van der Waals surface area contributed by atoms with Gasteiger partial charge < -0.3 is 5.11 Å². The molecule has 0 fully saturated rings. The van der Waals surface area contributed by atoms with Gasteiger partial charge in [0.2, 0.25) is 6.41 Å². The van der Waals surface area contributed by atoms with Crippen molar-refractivity contribution in [3.63, 3.8) is 0 Å². The fourth-order valence-electron chi connectivity index (χ4n) is 1.89. The van der Waals surface area contributed by atoms with Crippen LogP contribution in [0.4, 0.5) is 0 Å². The highest BCUT2D eigenvalue weighted by atomic mass is 79.9. The maximum atomic E-state index is 11.0. The van der Waals surface area contributed by atoms with Crippen LogP contribution in [0.3, 0.4) is 0 Å². The Bertz CT molecular complexity index is 458. The molecule has 0 aliphatic carbocycles. The smallest absolute Gasteiger partial charge is 0.232 e. The van der Waals surface area contributed by atoms with Crippen LogP contribution >= 0.6 is 15.9 Å². The number of amides is 1. The van der Waals surface area contributed by atoms with E-state index >= 15 is 0 Å². The molecule has 1 amide bonds. The topological polar surface area (TPSA) is 52.9 Å². The van der Waals surface area contributed by atoms with Crippen molar-refractivity contribution in [2.75, 3.05) is 0 Å². The molecule has 0 saturated heterocycles. The molecular weight excluding hydrogens is 284 g/mol. The molecule has 0 saturated carbocycles. The SMILES string of the molecule is CCC1=NN(C=O)[C@](O)(c2ccc(Br)cc2)C1. The van der Waals surface area contributed by atoms with Crippen molar-refractivity contribution in [1.29, 1.82) is 0 Å². The van der Waals surface area contributed by atoms with Gasteiger partial charge in [0.1, 0.15) is 0 Å². The maximum Gasteiger partial charge on any atom is 0.232 e. The molecule has 2 rings (SSSR count). The van der Waals surface area contributed by atoms with Crippen LogP contribution < -0.4 is 0 Å². The number of rotatable bonds is 3. The zero-order chi connectivity index (χ0) is 12.5. The minimum Gasteiger partial charge on any atom is -0.365 e. The van der Waals surface area contributed by atoms with Gasteiger partial charge in [-0.2, -0.15) is 10.1 Å². The molecule has 17 heavy (non-hydrogen) atoms. The van der Waals surface area contributed by atoms with E-state index in [-0.39, 0.29) is 0 Å². The monoisotopic (exact) mass is 296 g/mol. The molecule has 0 spiro atoms. The Hall–Kier alpha value is -1.20. The number of nitrogens with zero attached hydrogens (tertiary/aromatic N) is 2. The Morgan fingerprint density at radius 2 is 2.18 bits per heavy atom. The quantitative estimate of drug-likeness (QED) is 0.870. The minimum atomic E-state index is -1.34. The first kappa shape index (κ1) is 12.3. The van der Waals surface area contributed by atoms with Crippen LogP contribution in [0.25, 0.3) is 0 Å². The Balaban J connectivity index is 2.36. The van der Waals surface area contributed by atoms with Gasteiger partial charge in [-0.3, -0.25) is 4.79 Å². The number of halogens is 1. The summed E-state index contributed by atoms with van der Waals surface area (Å²) >= 11 is 3.34. The van der Waals surface area contributed by atoms with E-state index in [0.717, 1.165) is 21.6 Å². The van der Waals surface area contributed by atoms with Crippen LogP contribution in [0, 0.1) is 0 Å². The summed E-state index contributed by atoms with van der Waals surface area (Å²) in [6.45, 7) is 1.95. The van der Waals surface area contributed by atoms with Crippen molar-refractivity contribution in [3.05, 3.63) is 34.3 Å². The Morgan fingerprint density at radius 1 is 1.53 bits per heavy atom. The van der Waals surface area contributed by atoms with E-state index in [1.165, 1.54) is 0 Å². The summed E-state index contributed by atoms with van der Waals surface area (Å²) in [5, 5.41) is 15.8. The van der Waals surface area contributed by atoms with E-state index in [2.05, 4.69) is 21.0 Å². The van der Waals surface area contributed by atoms with Gasteiger partial charge in [-0.05, 0) is 18.6 Å². The number of hydrazone groups is 1. The molecule has 1 heterocycles. The van der Waals surface area contributed by atoms with E-state index < -0.39 is 5.72 Å². The van der Waals surface area contributed by atoms with Gasteiger partial charge in [0, 0.05) is 22.2 Å². The van der Waals surface area contributed by atoms with Crippen LogP contribution in [0.15, 0.2) is 33.8 Å². The standard InChI is InChI=1S/C12H13BrN2O2/c1-2-11-7-12(17,15(8-16)14-11)9-3-5-10(13)6-4-9/h3-6,8,17H,2,7H2,1H3/t12-/m1/s1. The largest absolute Gasteiger partial charge is 0.365 e. The van der Waals surface area contributed by atoms with Crippen LogP contribution in [0.2, 0.25) is 0 Å². The minimum absolute atomic E-state index is 0.365. The predicted octanol–water partition coefficient (Wildman–Crippen LogP) is 2.22. The number of hydrogen-bond acceptors (Lipinski definition) is 3. The van der Waals surface area contributed by atoms with Gasteiger partial charge in [-0.15, -0.1) is 0 Å². The van der Waals surface area contributed by atoms with Gasteiger partial charge in [0.05, 0.1) is 0 Å². The average molecular weight is 297 g/mol. The number of aliphatic hydroxyl groups is 1. The molecule has 0 bridgehead atoms. The second kappa shape index (κ2) is 4.58. The highest BCUT2D eigenvalue weighted by Crippen LogP contribution is 2.35. The second-order valence-corrected chi connectivity index (χ2v) is 4.89. The summed E-state index contributed by atoms with van der Waals surface area (Å²) in [6, 6.07) is 7.24. The summed E-state index contributed by atoms with van der Waals surface area (Å²) in [7, 11) is 0. The van der Waals surface area contributed by atoms with Crippen molar-refractivity contribution in [2.45, 2.75) is 25.5 Å². The number of carbonyl (C=O) groups excluding carboxylic acids is 1. The average Bonchev–Trinajstić information content (AvgIpc) is 2.68. The van der Waals surface area contributed by atoms with Crippen molar-refractivity contribution in [2.24, 2.45) is 5.10 Å². The van der Waals surface area contributed by atoms with Crippen LogP contribution in [-0.4, -0.2) is 22.2 Å². The maximum absolute atomic E-state index is 11.0. The van der Waals surface area contributed by atoms with Gasteiger partial charge in [0.25, 0.3) is 0 Å². The third kappa shape index (κ3) is 2.12. The lowest BCUT2D eigenvalue weighted by Crippen LogP contribution is -2.38. The Morgan fingerprint density at radius 3 is 2.71 bits per heavy atom. The van der Waals surface area contributed by atoms with E-state index in [1.807, 2.05) is 19.1 Å². The van der Waals surface area contributed by atoms with E-state index in [1.54, 1.807) is 12.1 Å². The van der Waals surface area contributed by atoms with Crippen molar-refractivity contribution in [3.8, 4) is 0 Å². The molecule has 90 valence electrons. The van der Waals surface area contributed by atoms with Crippen LogP contribution in [-0.2, 0) is 10.5 Å².